The molecule has 2 nitrogen and oxygen atoms in total. The minimum absolute atomic E-state index is 0.336. The Kier molecular flexibility index (Phi) is 8.06. The summed E-state index contributed by atoms with van der Waals surface area (Å²) in [5.74, 6) is 0. The van der Waals surface area contributed by atoms with E-state index < -0.39 is 0 Å². The van der Waals surface area contributed by atoms with Gasteiger partial charge < -0.3 is 8.83 Å². The zero-order chi connectivity index (χ0) is 46.6. The van der Waals surface area contributed by atoms with Crippen LogP contribution in [0.5, 0.6) is 0 Å². The lowest BCUT2D eigenvalue weighted by Gasteiger charge is -2.31. The summed E-state index contributed by atoms with van der Waals surface area (Å²) in [4.78, 5) is 0. The lowest BCUT2D eigenvalue weighted by atomic mass is 9.72. The van der Waals surface area contributed by atoms with Gasteiger partial charge in [-0.2, -0.15) is 0 Å². The zero-order valence-electron chi connectivity index (χ0n) is 39.7. The van der Waals surface area contributed by atoms with Crippen molar-refractivity contribution in [3.8, 4) is 66.8 Å². The Labute approximate surface area is 407 Å². The first-order valence-electron chi connectivity index (χ1n) is 24.9. The molecule has 0 radical (unpaired) electrons. The second kappa shape index (κ2) is 14.2. The van der Waals surface area contributed by atoms with Gasteiger partial charge in [0.15, 0.2) is 0 Å². The van der Waals surface area contributed by atoms with E-state index in [0.29, 0.717) is 0 Å². The molecule has 0 saturated heterocycles. The predicted octanol–water partition coefficient (Wildman–Crippen LogP) is 18.9. The molecule has 0 spiro atoms. The maximum Gasteiger partial charge on any atom is 0.144 e. The fourth-order valence-corrected chi connectivity index (χ4v) is 13.2. The van der Waals surface area contributed by atoms with Gasteiger partial charge >= 0.3 is 0 Å². The molecule has 0 aliphatic heterocycles. The molecule has 3 aliphatic carbocycles. The highest BCUT2D eigenvalue weighted by molar-refractivity contribution is 6.21. The van der Waals surface area contributed by atoms with E-state index in [1.54, 1.807) is 0 Å². The third-order valence-corrected chi connectivity index (χ3v) is 16.5. The largest absolute Gasteiger partial charge is 0.455 e. The number of allylic oxidation sites excluding steroid dienone is 1. The van der Waals surface area contributed by atoms with Gasteiger partial charge in [0, 0.05) is 43.5 Å². The molecule has 12 aromatic rings. The van der Waals surface area contributed by atoms with Gasteiger partial charge in [0.05, 0.1) is 0 Å². The molecule has 0 bridgehead atoms. The smallest absolute Gasteiger partial charge is 0.144 e. The molecule has 2 aromatic heterocycles. The van der Waals surface area contributed by atoms with E-state index in [1.165, 1.54) is 111 Å². The predicted molar refractivity (Wildman–Crippen MR) is 293 cm³/mol. The lowest BCUT2D eigenvalue weighted by Crippen LogP contribution is -2.24. The summed E-state index contributed by atoms with van der Waals surface area (Å²) in [7, 11) is 0. The van der Waals surface area contributed by atoms with Crippen LogP contribution < -0.4 is 0 Å². The SMILES string of the molecule is CC1(C)c2cc(-c3ccc(-c4cccc5c4C=CCC5)cc3)c3c(oc4ccccc43)c2-c2ccc3c(c21)C(C)(C)c1cc(-c2ccc(-c4cccc5ccccc45)cc2)c2oc4ccccc4c2c1-3. The van der Waals surface area contributed by atoms with Crippen LogP contribution in [0, 0.1) is 0 Å². The summed E-state index contributed by atoms with van der Waals surface area (Å²) in [6, 6.07) is 67.3. The average Bonchev–Trinajstić information content (AvgIpc) is 4.11. The molecule has 2 heterocycles. The van der Waals surface area contributed by atoms with Crippen molar-refractivity contribution in [2.24, 2.45) is 0 Å². The van der Waals surface area contributed by atoms with Gasteiger partial charge in [0.25, 0.3) is 0 Å². The van der Waals surface area contributed by atoms with Gasteiger partial charge in [-0.1, -0.05) is 198 Å². The summed E-state index contributed by atoms with van der Waals surface area (Å²) in [5.41, 5.74) is 26.0. The lowest BCUT2D eigenvalue weighted by molar-refractivity contribution is 0.601. The summed E-state index contributed by atoms with van der Waals surface area (Å²) >= 11 is 0. The summed E-state index contributed by atoms with van der Waals surface area (Å²) in [6.45, 7) is 9.77. The van der Waals surface area contributed by atoms with Gasteiger partial charge in [-0.15, -0.1) is 0 Å². The Morgan fingerprint density at radius 1 is 0.400 bits per heavy atom. The quantitative estimate of drug-likeness (QED) is 0.176. The molecular weight excluding hydrogens is 849 g/mol. The third-order valence-electron chi connectivity index (χ3n) is 16.5. The normalized spacial score (nSPS) is 14.9. The van der Waals surface area contributed by atoms with Gasteiger partial charge in [-0.25, -0.2) is 0 Å². The molecule has 3 aliphatic rings. The summed E-state index contributed by atoms with van der Waals surface area (Å²) < 4.78 is 14.1. The fraction of sp³-hybridized carbons (Fsp3) is 0.118. The Hall–Kier alpha value is -8.20. The first kappa shape index (κ1) is 39.8. The number of aryl methyl sites for hydroxylation is 1. The number of hydrogen-bond acceptors (Lipinski definition) is 2. The number of furan rings is 2. The standard InChI is InChI=1S/C68H48O2/c1-67(2)55-38-54(44-33-29-42(30-34-44)48-24-14-18-40-16-6-8-20-46(40)48)65-62(50-22-10-12-26-58(50)69-65)60(55)51-35-36-52-61-56(68(3,4)64(52)63(51)67)37-53(59-49-21-9-11-25-57(49)70-66(59)61)43-31-27-41(28-32-43)47-23-13-17-39-15-5-7-19-45(39)47/h6-14,16-38H,5,15H2,1-4H3. The average molecular weight is 897 g/mol. The number of benzene rings is 10. The van der Waals surface area contributed by atoms with Crippen molar-refractivity contribution in [1.29, 1.82) is 0 Å². The van der Waals surface area contributed by atoms with Gasteiger partial charge in [-0.3, -0.25) is 0 Å². The molecule has 0 fully saturated rings. The highest BCUT2D eigenvalue weighted by atomic mass is 16.3. The molecule has 0 unspecified atom stereocenters. The zero-order valence-corrected chi connectivity index (χ0v) is 39.7. The maximum atomic E-state index is 7.09. The molecule has 332 valence electrons. The van der Waals surface area contributed by atoms with E-state index in [9.17, 15) is 0 Å². The molecular formula is C68H48O2. The van der Waals surface area contributed by atoms with Crippen LogP contribution in [0.25, 0.3) is 127 Å². The molecule has 0 saturated carbocycles. The van der Waals surface area contributed by atoms with E-state index in [4.69, 9.17) is 8.83 Å². The molecule has 0 amide bonds. The number of fused-ring (bicyclic) bond motifs is 17. The van der Waals surface area contributed by atoms with E-state index in [0.717, 1.165) is 57.1 Å². The van der Waals surface area contributed by atoms with E-state index in [2.05, 4.69) is 222 Å². The highest BCUT2D eigenvalue weighted by Gasteiger charge is 2.48. The molecule has 0 atom stereocenters. The Morgan fingerprint density at radius 3 is 1.63 bits per heavy atom. The summed E-state index contributed by atoms with van der Waals surface area (Å²) in [6.07, 6.45) is 6.82. The molecule has 0 N–H and O–H groups in total. The molecule has 70 heavy (non-hydrogen) atoms. The third kappa shape index (κ3) is 5.34. The number of rotatable bonds is 4. The van der Waals surface area contributed by atoms with Crippen LogP contribution >= 0.6 is 0 Å². The Morgan fingerprint density at radius 2 is 0.914 bits per heavy atom. The molecule has 2 heteroatoms. The van der Waals surface area contributed by atoms with Crippen molar-refractivity contribution in [1.82, 2.24) is 0 Å². The van der Waals surface area contributed by atoms with Crippen molar-refractivity contribution >= 4 is 60.7 Å². The first-order valence-corrected chi connectivity index (χ1v) is 24.9. The van der Waals surface area contributed by atoms with Crippen molar-refractivity contribution in [3.63, 3.8) is 0 Å². The van der Waals surface area contributed by atoms with E-state index in [1.807, 2.05) is 0 Å². The van der Waals surface area contributed by atoms with Crippen LogP contribution in [0.1, 0.15) is 67.5 Å². The van der Waals surface area contributed by atoms with Crippen molar-refractivity contribution in [2.45, 2.75) is 51.4 Å². The topological polar surface area (TPSA) is 26.3 Å². The van der Waals surface area contributed by atoms with Crippen LogP contribution in [0.2, 0.25) is 0 Å². The van der Waals surface area contributed by atoms with E-state index >= 15 is 0 Å². The van der Waals surface area contributed by atoms with Crippen LogP contribution in [0.4, 0.5) is 0 Å². The van der Waals surface area contributed by atoms with Gasteiger partial charge in [0.2, 0.25) is 0 Å². The minimum atomic E-state index is -0.343. The molecule has 10 aromatic carbocycles. The van der Waals surface area contributed by atoms with Crippen molar-refractivity contribution in [3.05, 3.63) is 221 Å². The van der Waals surface area contributed by atoms with Crippen molar-refractivity contribution < 1.29 is 8.83 Å². The second-order valence-corrected chi connectivity index (χ2v) is 21.0. The number of hydrogen-bond donors (Lipinski definition) is 0. The minimum Gasteiger partial charge on any atom is -0.455 e. The first-order chi connectivity index (χ1) is 34.2. The highest BCUT2D eigenvalue weighted by Crippen LogP contribution is 2.63. The van der Waals surface area contributed by atoms with E-state index in [-0.39, 0.29) is 10.8 Å². The van der Waals surface area contributed by atoms with Gasteiger partial charge in [0.1, 0.15) is 22.3 Å². The fourth-order valence-electron chi connectivity index (χ4n) is 13.2. The Bertz CT molecular complexity index is 4260. The van der Waals surface area contributed by atoms with Crippen LogP contribution in [0.15, 0.2) is 197 Å². The van der Waals surface area contributed by atoms with Gasteiger partial charge in [-0.05, 0) is 137 Å². The van der Waals surface area contributed by atoms with Crippen LogP contribution in [0.3, 0.4) is 0 Å². The molecule has 15 rings (SSSR count). The monoisotopic (exact) mass is 896 g/mol. The Balaban J connectivity index is 0.917. The van der Waals surface area contributed by atoms with Crippen molar-refractivity contribution in [2.75, 3.05) is 0 Å². The second-order valence-electron chi connectivity index (χ2n) is 21.0. The summed E-state index contributed by atoms with van der Waals surface area (Å²) in [5, 5.41) is 7.18. The van der Waals surface area contributed by atoms with Crippen LogP contribution in [-0.2, 0) is 17.3 Å². The van der Waals surface area contributed by atoms with Crippen LogP contribution in [-0.4, -0.2) is 0 Å². The number of para-hydroxylation sites is 2. The maximum absolute atomic E-state index is 7.09.